The lowest BCUT2D eigenvalue weighted by Gasteiger charge is -2.23. The molecule has 2 saturated heterocycles. The van der Waals surface area contributed by atoms with Gasteiger partial charge in [0.2, 0.25) is 0 Å². The first-order valence-corrected chi connectivity index (χ1v) is 4.17. The van der Waals surface area contributed by atoms with Crippen LogP contribution in [0.4, 0.5) is 0 Å². The Hall–Kier alpha value is -0.570. The van der Waals surface area contributed by atoms with E-state index in [0.29, 0.717) is 0 Å². The molecule has 0 N–H and O–H groups in total. The summed E-state index contributed by atoms with van der Waals surface area (Å²) in [4.78, 5) is 12.9. The standard InChI is InChI=1S/C8H13NO2/c1-6(10)11-8-4-7-2-3-9(8)5-7/h7-8H,2-5H2,1H3. The van der Waals surface area contributed by atoms with Crippen molar-refractivity contribution < 1.29 is 9.53 Å². The molecule has 0 spiro atoms. The highest BCUT2D eigenvalue weighted by atomic mass is 16.6. The lowest BCUT2D eigenvalue weighted by Crippen LogP contribution is -2.33. The highest BCUT2D eigenvalue weighted by Crippen LogP contribution is 2.33. The van der Waals surface area contributed by atoms with E-state index in [2.05, 4.69) is 4.90 Å². The molecule has 2 rings (SSSR count). The van der Waals surface area contributed by atoms with Crippen LogP contribution >= 0.6 is 0 Å². The molecule has 3 atom stereocenters. The molecule has 2 bridgehead atoms. The largest absolute Gasteiger partial charge is 0.447 e. The summed E-state index contributed by atoms with van der Waals surface area (Å²) in [5, 5.41) is 0. The van der Waals surface area contributed by atoms with Crippen LogP contribution in [0.25, 0.3) is 0 Å². The van der Waals surface area contributed by atoms with Crippen molar-refractivity contribution in [2.45, 2.75) is 26.0 Å². The van der Waals surface area contributed by atoms with Gasteiger partial charge in [-0.15, -0.1) is 0 Å². The van der Waals surface area contributed by atoms with Gasteiger partial charge in [0, 0.05) is 26.4 Å². The summed E-state index contributed by atoms with van der Waals surface area (Å²) in [6.07, 6.45) is 2.45. The van der Waals surface area contributed by atoms with Crippen LogP contribution in [0.1, 0.15) is 19.8 Å². The number of rotatable bonds is 1. The minimum absolute atomic E-state index is 0.103. The fourth-order valence-electron chi connectivity index (χ4n) is 2.07. The Balaban J connectivity index is 1.92. The van der Waals surface area contributed by atoms with Crippen LogP contribution in [0, 0.1) is 5.92 Å². The second-order valence-electron chi connectivity index (χ2n) is 3.45. The molecule has 2 heterocycles. The van der Waals surface area contributed by atoms with Gasteiger partial charge >= 0.3 is 5.97 Å². The smallest absolute Gasteiger partial charge is 0.304 e. The third kappa shape index (κ3) is 1.25. The van der Waals surface area contributed by atoms with Crippen LogP contribution in [0.3, 0.4) is 0 Å². The maximum Gasteiger partial charge on any atom is 0.304 e. The molecule has 0 aromatic rings. The molecule has 62 valence electrons. The van der Waals surface area contributed by atoms with Crippen molar-refractivity contribution in [2.75, 3.05) is 13.1 Å². The normalized spacial score (nSPS) is 41.0. The Labute approximate surface area is 66.3 Å². The van der Waals surface area contributed by atoms with Crippen LogP contribution in [-0.2, 0) is 9.53 Å². The molecule has 3 unspecified atom stereocenters. The Kier molecular flexibility index (Phi) is 1.60. The van der Waals surface area contributed by atoms with Crippen molar-refractivity contribution in [1.82, 2.24) is 4.90 Å². The number of fused-ring (bicyclic) bond motifs is 2. The minimum atomic E-state index is -0.150. The molecule has 0 amide bonds. The molecule has 3 heteroatoms. The SMILES string of the molecule is CC(=O)OC1CC2CCN1C2. The second-order valence-corrected chi connectivity index (χ2v) is 3.45. The molecule has 0 saturated carbocycles. The lowest BCUT2D eigenvalue weighted by molar-refractivity contribution is -0.154. The van der Waals surface area contributed by atoms with Gasteiger partial charge in [0.15, 0.2) is 6.23 Å². The zero-order valence-electron chi connectivity index (χ0n) is 6.75. The first-order valence-electron chi connectivity index (χ1n) is 4.17. The van der Waals surface area contributed by atoms with Gasteiger partial charge in [0.25, 0.3) is 0 Å². The van der Waals surface area contributed by atoms with Crippen molar-refractivity contribution in [3.8, 4) is 0 Å². The molecule has 2 aliphatic rings. The number of nitrogens with zero attached hydrogens (tertiary/aromatic N) is 1. The van der Waals surface area contributed by atoms with Crippen LogP contribution < -0.4 is 0 Å². The zero-order valence-corrected chi connectivity index (χ0v) is 6.75. The van der Waals surface area contributed by atoms with E-state index in [0.717, 1.165) is 25.4 Å². The average Bonchev–Trinajstić information content (AvgIpc) is 2.45. The van der Waals surface area contributed by atoms with E-state index in [4.69, 9.17) is 4.74 Å². The highest BCUT2D eigenvalue weighted by Gasteiger charge is 2.38. The summed E-state index contributed by atoms with van der Waals surface area (Å²) in [6, 6.07) is 0. The first-order chi connectivity index (χ1) is 5.25. The van der Waals surface area contributed by atoms with Crippen molar-refractivity contribution in [3.63, 3.8) is 0 Å². The van der Waals surface area contributed by atoms with Crippen molar-refractivity contribution >= 4 is 5.97 Å². The second kappa shape index (κ2) is 2.48. The summed E-state index contributed by atoms with van der Waals surface area (Å²) >= 11 is 0. The number of hydrogen-bond donors (Lipinski definition) is 0. The molecule has 2 aliphatic heterocycles. The van der Waals surface area contributed by atoms with E-state index >= 15 is 0 Å². The lowest BCUT2D eigenvalue weighted by atomic mass is 10.1. The third-order valence-electron chi connectivity index (χ3n) is 2.56. The summed E-state index contributed by atoms with van der Waals surface area (Å²) in [5.41, 5.74) is 0. The molecule has 3 nitrogen and oxygen atoms in total. The fraction of sp³-hybridized carbons (Fsp3) is 0.875. The van der Waals surface area contributed by atoms with Gasteiger partial charge < -0.3 is 4.74 Å². The Morgan fingerprint density at radius 2 is 2.45 bits per heavy atom. The monoisotopic (exact) mass is 155 g/mol. The number of hydrogen-bond acceptors (Lipinski definition) is 3. The zero-order chi connectivity index (χ0) is 7.84. The number of esters is 1. The number of ether oxygens (including phenoxy) is 1. The quantitative estimate of drug-likeness (QED) is 0.519. The predicted molar refractivity (Wildman–Crippen MR) is 39.9 cm³/mol. The summed E-state index contributed by atoms with van der Waals surface area (Å²) < 4.78 is 5.13. The number of carbonyl (C=O) groups excluding carboxylic acids is 1. The van der Waals surface area contributed by atoms with Crippen molar-refractivity contribution in [1.29, 1.82) is 0 Å². The topological polar surface area (TPSA) is 29.5 Å². The first kappa shape index (κ1) is 7.10. The van der Waals surface area contributed by atoms with Gasteiger partial charge in [-0.2, -0.15) is 0 Å². The van der Waals surface area contributed by atoms with Gasteiger partial charge in [0.05, 0.1) is 0 Å². The molecular weight excluding hydrogens is 142 g/mol. The van der Waals surface area contributed by atoms with E-state index in [1.165, 1.54) is 13.3 Å². The molecule has 0 aromatic heterocycles. The predicted octanol–water partition coefficient (Wildman–Crippen LogP) is 0.601. The maximum atomic E-state index is 10.6. The highest BCUT2D eigenvalue weighted by molar-refractivity contribution is 5.66. The van der Waals surface area contributed by atoms with E-state index in [1.807, 2.05) is 0 Å². The Morgan fingerprint density at radius 3 is 2.91 bits per heavy atom. The molecule has 11 heavy (non-hydrogen) atoms. The van der Waals surface area contributed by atoms with Gasteiger partial charge in [-0.3, -0.25) is 9.69 Å². The van der Waals surface area contributed by atoms with E-state index in [-0.39, 0.29) is 12.2 Å². The van der Waals surface area contributed by atoms with Crippen LogP contribution in [-0.4, -0.2) is 30.2 Å². The van der Waals surface area contributed by atoms with E-state index in [1.54, 1.807) is 0 Å². The number of carbonyl (C=O) groups is 1. The third-order valence-corrected chi connectivity index (χ3v) is 2.56. The van der Waals surface area contributed by atoms with Gasteiger partial charge in [0.1, 0.15) is 0 Å². The number of piperidine rings is 1. The van der Waals surface area contributed by atoms with Crippen LogP contribution in [0.15, 0.2) is 0 Å². The van der Waals surface area contributed by atoms with Crippen LogP contribution in [0.2, 0.25) is 0 Å². The van der Waals surface area contributed by atoms with E-state index in [9.17, 15) is 4.79 Å². The molecular formula is C8H13NO2. The molecule has 0 aliphatic carbocycles. The van der Waals surface area contributed by atoms with Gasteiger partial charge in [-0.25, -0.2) is 0 Å². The molecule has 0 aromatic carbocycles. The summed E-state index contributed by atoms with van der Waals surface area (Å²) in [6.45, 7) is 3.73. The summed E-state index contributed by atoms with van der Waals surface area (Å²) in [5.74, 6) is 0.641. The Bertz CT molecular complexity index is 181. The maximum absolute atomic E-state index is 10.6. The molecule has 0 radical (unpaired) electrons. The van der Waals surface area contributed by atoms with Gasteiger partial charge in [-0.1, -0.05) is 0 Å². The van der Waals surface area contributed by atoms with Crippen molar-refractivity contribution in [2.24, 2.45) is 5.92 Å². The van der Waals surface area contributed by atoms with E-state index < -0.39 is 0 Å². The Morgan fingerprint density at radius 1 is 1.64 bits per heavy atom. The average molecular weight is 155 g/mol. The van der Waals surface area contributed by atoms with Gasteiger partial charge in [-0.05, 0) is 12.3 Å². The minimum Gasteiger partial charge on any atom is -0.447 e. The summed E-state index contributed by atoms with van der Waals surface area (Å²) in [7, 11) is 0. The van der Waals surface area contributed by atoms with Crippen LogP contribution in [0.5, 0.6) is 0 Å². The molecule has 2 fully saturated rings. The van der Waals surface area contributed by atoms with Crippen molar-refractivity contribution in [3.05, 3.63) is 0 Å². The fourth-order valence-corrected chi connectivity index (χ4v) is 2.07.